The normalized spacial score (nSPS) is 36.8. The van der Waals surface area contributed by atoms with Crippen molar-refractivity contribution >= 4 is 11.8 Å². The van der Waals surface area contributed by atoms with Gasteiger partial charge < -0.3 is 15.5 Å². The zero-order valence-corrected chi connectivity index (χ0v) is 9.95. The Balaban J connectivity index is 1.62. The molecule has 0 aliphatic carbocycles. The topological polar surface area (TPSA) is 61.4 Å². The molecule has 2 amide bonds. The molecule has 5 heteroatoms. The lowest BCUT2D eigenvalue weighted by Crippen LogP contribution is -2.45. The fourth-order valence-electron chi connectivity index (χ4n) is 3.25. The van der Waals surface area contributed by atoms with E-state index in [0.29, 0.717) is 24.8 Å². The number of piperidine rings is 1. The van der Waals surface area contributed by atoms with Crippen LogP contribution in [0.25, 0.3) is 0 Å². The van der Waals surface area contributed by atoms with Gasteiger partial charge in [0.1, 0.15) is 6.04 Å². The quantitative estimate of drug-likeness (QED) is 0.645. The van der Waals surface area contributed by atoms with Crippen molar-refractivity contribution in [3.63, 3.8) is 0 Å². The summed E-state index contributed by atoms with van der Waals surface area (Å²) < 4.78 is 0. The van der Waals surface area contributed by atoms with Crippen LogP contribution >= 0.6 is 0 Å². The number of carbonyl (C=O) groups is 2. The molecule has 0 unspecified atom stereocenters. The van der Waals surface area contributed by atoms with E-state index in [1.165, 1.54) is 12.8 Å². The third kappa shape index (κ3) is 2.04. The highest BCUT2D eigenvalue weighted by Gasteiger charge is 2.39. The van der Waals surface area contributed by atoms with Crippen LogP contribution in [-0.4, -0.2) is 48.4 Å². The highest BCUT2D eigenvalue weighted by molar-refractivity contribution is 5.91. The number of nitrogens with one attached hydrogen (secondary N) is 2. The molecule has 0 radical (unpaired) electrons. The van der Waals surface area contributed by atoms with Crippen molar-refractivity contribution in [3.8, 4) is 0 Å². The maximum absolute atomic E-state index is 12.2. The maximum Gasteiger partial charge on any atom is 0.245 e. The Labute approximate surface area is 101 Å². The van der Waals surface area contributed by atoms with Crippen molar-refractivity contribution in [2.24, 2.45) is 5.92 Å². The second-order valence-corrected chi connectivity index (χ2v) is 5.36. The molecule has 3 saturated heterocycles. The fourth-order valence-corrected chi connectivity index (χ4v) is 3.25. The monoisotopic (exact) mass is 237 g/mol. The van der Waals surface area contributed by atoms with Crippen LogP contribution in [0.4, 0.5) is 0 Å². The second-order valence-electron chi connectivity index (χ2n) is 5.36. The molecule has 2 N–H and O–H groups in total. The van der Waals surface area contributed by atoms with Gasteiger partial charge in [-0.2, -0.15) is 0 Å². The maximum atomic E-state index is 12.2. The Morgan fingerprint density at radius 3 is 2.88 bits per heavy atom. The van der Waals surface area contributed by atoms with E-state index in [1.807, 2.05) is 4.90 Å². The molecule has 3 rings (SSSR count). The van der Waals surface area contributed by atoms with Crippen LogP contribution in [0.3, 0.4) is 0 Å². The van der Waals surface area contributed by atoms with E-state index < -0.39 is 0 Å². The summed E-state index contributed by atoms with van der Waals surface area (Å²) in [5.74, 6) is 0.745. The molecule has 3 atom stereocenters. The van der Waals surface area contributed by atoms with Crippen LogP contribution in [0.2, 0.25) is 0 Å². The molecule has 5 nitrogen and oxygen atoms in total. The summed E-state index contributed by atoms with van der Waals surface area (Å²) in [6.45, 7) is 2.75. The molecule has 0 aromatic carbocycles. The van der Waals surface area contributed by atoms with Gasteiger partial charge in [-0.3, -0.25) is 9.59 Å². The van der Waals surface area contributed by atoms with Gasteiger partial charge in [0.05, 0.1) is 0 Å². The molecule has 17 heavy (non-hydrogen) atoms. The lowest BCUT2D eigenvalue weighted by Gasteiger charge is -2.24. The summed E-state index contributed by atoms with van der Waals surface area (Å²) in [7, 11) is 0. The Bertz CT molecular complexity index is 331. The molecule has 0 aromatic rings. The minimum atomic E-state index is -0.261. The number of carbonyl (C=O) groups excluding carboxylic acids is 2. The lowest BCUT2D eigenvalue weighted by molar-refractivity contribution is -0.133. The van der Waals surface area contributed by atoms with Gasteiger partial charge in [-0.15, -0.1) is 0 Å². The van der Waals surface area contributed by atoms with Gasteiger partial charge in [0.15, 0.2) is 0 Å². The first-order valence-corrected chi connectivity index (χ1v) is 6.55. The van der Waals surface area contributed by atoms with Crippen molar-refractivity contribution in [3.05, 3.63) is 0 Å². The average molecular weight is 237 g/mol. The van der Waals surface area contributed by atoms with Crippen LogP contribution in [0.15, 0.2) is 0 Å². The molecule has 0 aromatic heterocycles. The summed E-state index contributed by atoms with van der Waals surface area (Å²) >= 11 is 0. The summed E-state index contributed by atoms with van der Waals surface area (Å²) in [6, 6.07) is 0.215. The number of amides is 2. The van der Waals surface area contributed by atoms with Crippen molar-refractivity contribution in [2.75, 3.05) is 19.6 Å². The second kappa shape index (κ2) is 4.29. The summed E-state index contributed by atoms with van der Waals surface area (Å²) in [4.78, 5) is 25.3. The number of likely N-dealkylation sites (tertiary alicyclic amines) is 1. The zero-order valence-electron chi connectivity index (χ0n) is 9.95. The van der Waals surface area contributed by atoms with Gasteiger partial charge >= 0.3 is 0 Å². The Hall–Kier alpha value is -1.10. The van der Waals surface area contributed by atoms with Gasteiger partial charge in [-0.25, -0.2) is 0 Å². The third-order valence-electron chi connectivity index (χ3n) is 4.20. The standard InChI is InChI=1S/C12H19N3O2/c16-11-4-3-9(14-11)12(17)15-6-8-2-1-5-13-10(8)7-15/h8-10,13H,1-7H2,(H,14,16)/t8-,9+,10+/m0/s1. The van der Waals surface area contributed by atoms with Crippen LogP contribution in [0.5, 0.6) is 0 Å². The van der Waals surface area contributed by atoms with Crippen LogP contribution in [-0.2, 0) is 9.59 Å². The largest absolute Gasteiger partial charge is 0.344 e. The van der Waals surface area contributed by atoms with Gasteiger partial charge in [0, 0.05) is 25.6 Å². The van der Waals surface area contributed by atoms with Crippen LogP contribution in [0, 0.1) is 5.92 Å². The van der Waals surface area contributed by atoms with E-state index in [9.17, 15) is 9.59 Å². The van der Waals surface area contributed by atoms with Gasteiger partial charge in [-0.1, -0.05) is 0 Å². The Kier molecular flexibility index (Phi) is 2.78. The third-order valence-corrected chi connectivity index (χ3v) is 4.20. The van der Waals surface area contributed by atoms with Crippen LogP contribution < -0.4 is 10.6 Å². The predicted octanol–water partition coefficient (Wildman–Crippen LogP) is -0.525. The number of nitrogens with zero attached hydrogens (tertiary/aromatic N) is 1. The number of fused-ring (bicyclic) bond motifs is 1. The first kappa shape index (κ1) is 11.0. The molecule has 0 bridgehead atoms. The molecule has 3 heterocycles. The summed E-state index contributed by atoms with van der Waals surface area (Å²) in [5, 5.41) is 6.25. The number of hydrogen-bond acceptors (Lipinski definition) is 3. The number of rotatable bonds is 1. The van der Waals surface area contributed by atoms with Crippen molar-refractivity contribution in [1.82, 2.24) is 15.5 Å². The zero-order chi connectivity index (χ0) is 11.8. The minimum absolute atomic E-state index is 0.0121. The summed E-state index contributed by atoms with van der Waals surface area (Å²) in [6.07, 6.45) is 3.59. The first-order chi connectivity index (χ1) is 8.24. The molecule has 94 valence electrons. The molecule has 3 fully saturated rings. The average Bonchev–Trinajstić information content (AvgIpc) is 2.93. The molecule has 0 spiro atoms. The van der Waals surface area contributed by atoms with Crippen molar-refractivity contribution in [2.45, 2.75) is 37.8 Å². The Morgan fingerprint density at radius 1 is 1.29 bits per heavy atom. The van der Waals surface area contributed by atoms with Gasteiger partial charge in [0.25, 0.3) is 0 Å². The first-order valence-electron chi connectivity index (χ1n) is 6.55. The molecule has 3 aliphatic heterocycles. The van der Waals surface area contributed by atoms with E-state index in [4.69, 9.17) is 0 Å². The lowest BCUT2D eigenvalue weighted by atomic mass is 9.94. The van der Waals surface area contributed by atoms with Crippen molar-refractivity contribution in [1.29, 1.82) is 0 Å². The predicted molar refractivity (Wildman–Crippen MR) is 62.3 cm³/mol. The van der Waals surface area contributed by atoms with E-state index in [0.717, 1.165) is 19.6 Å². The highest BCUT2D eigenvalue weighted by Crippen LogP contribution is 2.26. The number of hydrogen-bond donors (Lipinski definition) is 2. The minimum Gasteiger partial charge on any atom is -0.344 e. The SMILES string of the molecule is O=C1CC[C@H](C(=O)N2C[C@@H]3CCCN[C@@H]3C2)N1. The van der Waals surface area contributed by atoms with E-state index in [2.05, 4.69) is 10.6 Å². The highest BCUT2D eigenvalue weighted by atomic mass is 16.2. The van der Waals surface area contributed by atoms with Gasteiger partial charge in [-0.05, 0) is 31.7 Å². The molecule has 0 saturated carbocycles. The molecular weight excluding hydrogens is 218 g/mol. The fraction of sp³-hybridized carbons (Fsp3) is 0.833. The summed E-state index contributed by atoms with van der Waals surface area (Å²) in [5.41, 5.74) is 0. The Morgan fingerprint density at radius 2 is 2.18 bits per heavy atom. The van der Waals surface area contributed by atoms with E-state index in [-0.39, 0.29) is 17.9 Å². The van der Waals surface area contributed by atoms with Crippen molar-refractivity contribution < 1.29 is 9.59 Å². The van der Waals surface area contributed by atoms with E-state index in [1.54, 1.807) is 0 Å². The molecular formula is C12H19N3O2. The van der Waals surface area contributed by atoms with Gasteiger partial charge in [0.2, 0.25) is 11.8 Å². The van der Waals surface area contributed by atoms with Crippen LogP contribution in [0.1, 0.15) is 25.7 Å². The molecule has 3 aliphatic rings. The van der Waals surface area contributed by atoms with E-state index >= 15 is 0 Å². The smallest absolute Gasteiger partial charge is 0.245 e.